The van der Waals surface area contributed by atoms with Crippen LogP contribution in [0.5, 0.6) is 0 Å². The predicted octanol–water partition coefficient (Wildman–Crippen LogP) is 4.98. The number of carbonyl (C=O) groups excluding carboxylic acids is 1. The molecular weight excluding hydrogens is 272 g/mol. The zero-order valence-corrected chi connectivity index (χ0v) is 14.1. The van der Waals surface area contributed by atoms with E-state index in [9.17, 15) is 9.90 Å². The smallest absolute Gasteiger partial charge is 0.222 e. The molecule has 0 aromatic carbocycles. The zero-order valence-electron chi connectivity index (χ0n) is 14.1. The molecule has 0 aliphatic heterocycles. The minimum atomic E-state index is -0.257. The van der Waals surface area contributed by atoms with Gasteiger partial charge in [-0.25, -0.2) is 0 Å². The molecule has 2 nitrogen and oxygen atoms in total. The van der Waals surface area contributed by atoms with Crippen LogP contribution < -0.4 is 0 Å². The van der Waals surface area contributed by atoms with Crippen LogP contribution in [0, 0.1) is 28.1 Å². The van der Waals surface area contributed by atoms with Crippen molar-refractivity contribution < 1.29 is 9.90 Å². The summed E-state index contributed by atoms with van der Waals surface area (Å²) in [7, 11) is 0. The zero-order chi connectivity index (χ0) is 16.3. The summed E-state index contributed by atoms with van der Waals surface area (Å²) in [5.41, 5.74) is 0.767. The molecule has 3 rings (SSSR count). The second-order valence-electron chi connectivity index (χ2n) is 8.56. The predicted molar refractivity (Wildman–Crippen MR) is 89.4 cm³/mol. The molecule has 0 bridgehead atoms. The molecule has 0 radical (unpaired) electrons. The third kappa shape index (κ3) is 1.89. The lowest BCUT2D eigenvalue weighted by Gasteiger charge is -2.61. The number of carbonyl (C=O) groups is 1. The fourth-order valence-electron chi connectivity index (χ4n) is 5.40. The van der Waals surface area contributed by atoms with Gasteiger partial charge in [0.15, 0.2) is 5.76 Å². The lowest BCUT2D eigenvalue weighted by Crippen LogP contribution is -2.54. The van der Waals surface area contributed by atoms with E-state index in [4.69, 9.17) is 0 Å². The molecule has 120 valence electrons. The number of Topliss-reactive ketones (excluding diaryl/α,β-unsaturated/α-hetero) is 1. The summed E-state index contributed by atoms with van der Waals surface area (Å²) in [6.45, 7) is 14.9. The molecule has 2 fully saturated rings. The average molecular weight is 300 g/mol. The number of ketones is 1. The van der Waals surface area contributed by atoms with Crippen molar-refractivity contribution in [3.05, 3.63) is 36.6 Å². The second kappa shape index (κ2) is 4.59. The molecule has 5 atom stereocenters. The summed E-state index contributed by atoms with van der Waals surface area (Å²) in [5.74, 6) is 0.477. The van der Waals surface area contributed by atoms with Crippen molar-refractivity contribution in [2.75, 3.05) is 0 Å². The van der Waals surface area contributed by atoms with Gasteiger partial charge in [0.25, 0.3) is 0 Å². The molecule has 3 aliphatic rings. The van der Waals surface area contributed by atoms with Gasteiger partial charge in [-0.3, -0.25) is 4.79 Å². The van der Waals surface area contributed by atoms with E-state index in [0.29, 0.717) is 11.5 Å². The number of aliphatic hydroxyl groups excluding tert-OH is 1. The third-order valence-corrected chi connectivity index (χ3v) is 7.30. The fourth-order valence-corrected chi connectivity index (χ4v) is 5.40. The SMILES string of the molecule is C=C[C@]1(C)CC[C@]2(C)[C@H](CC[C@@]3(C)C(=C)C(=O)C(O)=C[C@@H]23)C1. The molecule has 0 amide bonds. The van der Waals surface area contributed by atoms with Gasteiger partial charge >= 0.3 is 0 Å². The number of rotatable bonds is 1. The average Bonchev–Trinajstić information content (AvgIpc) is 2.49. The second-order valence-corrected chi connectivity index (χ2v) is 8.56. The van der Waals surface area contributed by atoms with E-state index in [-0.39, 0.29) is 33.7 Å². The minimum Gasteiger partial charge on any atom is -0.504 e. The Kier molecular flexibility index (Phi) is 3.25. The first-order chi connectivity index (χ1) is 10.2. The highest BCUT2D eigenvalue weighted by Crippen LogP contribution is 2.65. The molecule has 1 N–H and O–H groups in total. The Morgan fingerprint density at radius 2 is 1.95 bits per heavy atom. The molecule has 22 heavy (non-hydrogen) atoms. The fraction of sp³-hybridized carbons (Fsp3) is 0.650. The van der Waals surface area contributed by atoms with Crippen LogP contribution in [0.4, 0.5) is 0 Å². The number of aliphatic hydroxyl groups is 1. The van der Waals surface area contributed by atoms with Gasteiger partial charge in [0.2, 0.25) is 5.78 Å². The van der Waals surface area contributed by atoms with Crippen molar-refractivity contribution in [2.24, 2.45) is 28.1 Å². The molecular formula is C20H28O2. The summed E-state index contributed by atoms with van der Waals surface area (Å²) in [4.78, 5) is 12.2. The summed E-state index contributed by atoms with van der Waals surface area (Å²) in [6.07, 6.45) is 9.50. The van der Waals surface area contributed by atoms with Gasteiger partial charge in [0.05, 0.1) is 0 Å². The third-order valence-electron chi connectivity index (χ3n) is 7.30. The van der Waals surface area contributed by atoms with Gasteiger partial charge < -0.3 is 5.11 Å². The first-order valence-electron chi connectivity index (χ1n) is 8.45. The summed E-state index contributed by atoms with van der Waals surface area (Å²) < 4.78 is 0. The number of fused-ring (bicyclic) bond motifs is 3. The Labute approximate surface area is 134 Å². The normalized spacial score (nSPS) is 48.2. The Balaban J connectivity index is 2.04. The van der Waals surface area contributed by atoms with Gasteiger partial charge in [-0.2, -0.15) is 0 Å². The van der Waals surface area contributed by atoms with Crippen molar-refractivity contribution in [1.29, 1.82) is 0 Å². The van der Waals surface area contributed by atoms with Gasteiger partial charge in [0.1, 0.15) is 0 Å². The standard InChI is InChI=1S/C20H28O2/c1-6-18(3)9-10-20(5)14(12-18)7-8-19(4)13(2)17(22)15(21)11-16(19)20/h6,11,14,16,21H,1-2,7-10,12H2,3-5H3/t14-,16-,18-,19+,20-/m1/s1. The van der Waals surface area contributed by atoms with Crippen molar-refractivity contribution in [3.63, 3.8) is 0 Å². The van der Waals surface area contributed by atoms with E-state index in [2.05, 4.69) is 40.0 Å². The van der Waals surface area contributed by atoms with Crippen LogP contribution in [0.1, 0.15) is 52.9 Å². The maximum atomic E-state index is 12.2. The van der Waals surface area contributed by atoms with Crippen LogP contribution in [-0.4, -0.2) is 10.9 Å². The number of hydrogen-bond donors (Lipinski definition) is 1. The molecule has 0 saturated heterocycles. The summed E-state index contributed by atoms with van der Waals surface area (Å²) >= 11 is 0. The van der Waals surface area contributed by atoms with Crippen LogP contribution in [0.3, 0.4) is 0 Å². The van der Waals surface area contributed by atoms with E-state index in [0.717, 1.165) is 32.1 Å². The molecule has 0 heterocycles. The van der Waals surface area contributed by atoms with Crippen molar-refractivity contribution in [1.82, 2.24) is 0 Å². The van der Waals surface area contributed by atoms with E-state index in [1.165, 1.54) is 0 Å². The molecule has 2 heteroatoms. The van der Waals surface area contributed by atoms with Crippen molar-refractivity contribution in [3.8, 4) is 0 Å². The maximum absolute atomic E-state index is 12.2. The molecule has 2 saturated carbocycles. The molecule has 3 aliphatic carbocycles. The monoisotopic (exact) mass is 300 g/mol. The van der Waals surface area contributed by atoms with Crippen molar-refractivity contribution >= 4 is 5.78 Å². The quantitative estimate of drug-likeness (QED) is 0.547. The number of hydrogen-bond acceptors (Lipinski definition) is 2. The van der Waals surface area contributed by atoms with Gasteiger partial charge in [0, 0.05) is 11.0 Å². The van der Waals surface area contributed by atoms with Crippen LogP contribution in [0.2, 0.25) is 0 Å². The minimum absolute atomic E-state index is 0.0913. The van der Waals surface area contributed by atoms with Gasteiger partial charge in [-0.15, -0.1) is 6.58 Å². The maximum Gasteiger partial charge on any atom is 0.222 e. The molecule has 0 aromatic rings. The Hall–Kier alpha value is -1.31. The highest BCUT2D eigenvalue weighted by molar-refractivity contribution is 6.08. The highest BCUT2D eigenvalue weighted by atomic mass is 16.3. The first-order valence-corrected chi connectivity index (χ1v) is 8.45. The van der Waals surface area contributed by atoms with Crippen LogP contribution in [-0.2, 0) is 4.79 Å². The lowest BCUT2D eigenvalue weighted by atomic mass is 9.43. The highest BCUT2D eigenvalue weighted by Gasteiger charge is 2.58. The van der Waals surface area contributed by atoms with E-state index in [1.807, 2.05) is 6.08 Å². The molecule has 0 unspecified atom stereocenters. The Bertz CT molecular complexity index is 587. The summed E-state index contributed by atoms with van der Waals surface area (Å²) in [6, 6.07) is 0. The van der Waals surface area contributed by atoms with Crippen molar-refractivity contribution in [2.45, 2.75) is 52.9 Å². The number of allylic oxidation sites excluding steroid dienone is 3. The van der Waals surface area contributed by atoms with Gasteiger partial charge in [-0.1, -0.05) is 33.4 Å². The van der Waals surface area contributed by atoms with E-state index < -0.39 is 0 Å². The topological polar surface area (TPSA) is 37.3 Å². The molecule has 0 aromatic heterocycles. The first kappa shape index (κ1) is 15.6. The van der Waals surface area contributed by atoms with Gasteiger partial charge in [-0.05, 0) is 60.8 Å². The summed E-state index contributed by atoms with van der Waals surface area (Å²) in [5, 5.41) is 10.1. The Morgan fingerprint density at radius 3 is 2.59 bits per heavy atom. The van der Waals surface area contributed by atoms with E-state index in [1.54, 1.807) is 0 Å². The largest absolute Gasteiger partial charge is 0.504 e. The van der Waals surface area contributed by atoms with Crippen LogP contribution in [0.25, 0.3) is 0 Å². The van der Waals surface area contributed by atoms with Crippen LogP contribution in [0.15, 0.2) is 36.6 Å². The molecule has 0 spiro atoms. The Morgan fingerprint density at radius 1 is 1.27 bits per heavy atom. The van der Waals surface area contributed by atoms with E-state index >= 15 is 0 Å². The van der Waals surface area contributed by atoms with Crippen LogP contribution >= 0.6 is 0 Å². The lowest BCUT2D eigenvalue weighted by molar-refractivity contribution is -0.121.